The van der Waals surface area contributed by atoms with Crippen molar-refractivity contribution in [1.82, 2.24) is 4.31 Å². The lowest BCUT2D eigenvalue weighted by Gasteiger charge is -2.14. The molecule has 1 aromatic carbocycles. The molecule has 0 amide bonds. The third kappa shape index (κ3) is 2.98. The number of benzene rings is 1. The Labute approximate surface area is 96.9 Å². The molecule has 0 radical (unpaired) electrons. The smallest absolute Gasteiger partial charge is 0.0945 e. The molecule has 2 nitrogen and oxygen atoms in total. The third-order valence-corrected chi connectivity index (χ3v) is 3.92. The summed E-state index contributed by atoms with van der Waals surface area (Å²) in [6.07, 6.45) is 0.454. The van der Waals surface area contributed by atoms with E-state index < -0.39 is 0 Å². The van der Waals surface area contributed by atoms with E-state index in [4.69, 9.17) is 4.74 Å². The van der Waals surface area contributed by atoms with Crippen LogP contribution in [0, 0.1) is 0 Å². The van der Waals surface area contributed by atoms with E-state index in [-0.39, 0.29) is 0 Å². The van der Waals surface area contributed by atoms with Crippen LogP contribution >= 0.6 is 27.9 Å². The lowest BCUT2D eigenvalue weighted by atomic mass is 10.4. The third-order valence-electron chi connectivity index (χ3n) is 1.95. The molecular weight excluding hydrogens is 262 g/mol. The fourth-order valence-electron chi connectivity index (χ4n) is 1.18. The second-order valence-electron chi connectivity index (χ2n) is 3.29. The monoisotopic (exact) mass is 273 g/mol. The van der Waals surface area contributed by atoms with E-state index in [1.54, 1.807) is 11.9 Å². The molecule has 0 N–H and O–H groups in total. The first-order valence-corrected chi connectivity index (χ1v) is 6.07. The molecule has 0 bridgehead atoms. The van der Waals surface area contributed by atoms with Gasteiger partial charge in [-0.15, -0.1) is 0 Å². The van der Waals surface area contributed by atoms with Crippen molar-refractivity contribution in [3.05, 3.63) is 28.7 Å². The number of epoxide rings is 1. The Balaban J connectivity index is 1.91. The lowest BCUT2D eigenvalue weighted by molar-refractivity contribution is 0.373. The first-order valence-electron chi connectivity index (χ1n) is 4.51. The largest absolute Gasteiger partial charge is 0.372 e. The quantitative estimate of drug-likeness (QED) is 0.620. The van der Waals surface area contributed by atoms with Gasteiger partial charge in [0.25, 0.3) is 0 Å². The summed E-state index contributed by atoms with van der Waals surface area (Å²) < 4.78 is 8.53. The van der Waals surface area contributed by atoms with Gasteiger partial charge in [0.2, 0.25) is 0 Å². The number of rotatable bonds is 4. The molecule has 0 saturated carbocycles. The Morgan fingerprint density at radius 1 is 1.57 bits per heavy atom. The first kappa shape index (κ1) is 10.5. The summed E-state index contributed by atoms with van der Waals surface area (Å²) in [5.41, 5.74) is 0. The second-order valence-corrected chi connectivity index (χ2v) is 5.39. The highest BCUT2D eigenvalue weighted by Crippen LogP contribution is 2.29. The van der Waals surface area contributed by atoms with E-state index in [0.29, 0.717) is 6.10 Å². The van der Waals surface area contributed by atoms with Crippen LogP contribution in [-0.2, 0) is 4.74 Å². The van der Waals surface area contributed by atoms with Crippen molar-refractivity contribution in [1.29, 1.82) is 0 Å². The van der Waals surface area contributed by atoms with Gasteiger partial charge in [-0.1, -0.05) is 12.1 Å². The minimum Gasteiger partial charge on any atom is -0.372 e. The standard InChI is InChI=1S/C10H12BrNOS/c1-12(6-8-7-13-8)14-10-5-3-2-4-9(10)11/h2-5,8H,6-7H2,1H3. The molecule has 1 atom stereocenters. The minimum atomic E-state index is 0.454. The predicted octanol–water partition coefficient (Wildman–Crippen LogP) is 2.79. The number of hydrogen-bond acceptors (Lipinski definition) is 3. The normalized spacial score (nSPS) is 20.1. The van der Waals surface area contributed by atoms with Crippen molar-refractivity contribution in [3.63, 3.8) is 0 Å². The molecule has 76 valence electrons. The van der Waals surface area contributed by atoms with Crippen molar-refractivity contribution in [2.45, 2.75) is 11.0 Å². The van der Waals surface area contributed by atoms with E-state index in [0.717, 1.165) is 17.6 Å². The van der Waals surface area contributed by atoms with E-state index in [2.05, 4.69) is 45.5 Å². The van der Waals surface area contributed by atoms with Crippen molar-refractivity contribution in [2.75, 3.05) is 20.2 Å². The molecule has 1 heterocycles. The number of ether oxygens (including phenoxy) is 1. The molecule has 1 aromatic rings. The van der Waals surface area contributed by atoms with E-state index >= 15 is 0 Å². The molecule has 1 unspecified atom stereocenters. The van der Waals surface area contributed by atoms with Crippen LogP contribution in [0.4, 0.5) is 0 Å². The molecule has 1 fully saturated rings. The maximum absolute atomic E-state index is 5.18. The van der Waals surface area contributed by atoms with Crippen LogP contribution < -0.4 is 0 Å². The van der Waals surface area contributed by atoms with Crippen molar-refractivity contribution in [3.8, 4) is 0 Å². The zero-order valence-corrected chi connectivity index (χ0v) is 10.3. The van der Waals surface area contributed by atoms with Crippen LogP contribution in [0.5, 0.6) is 0 Å². The molecule has 4 heteroatoms. The number of nitrogens with zero attached hydrogens (tertiary/aromatic N) is 1. The zero-order valence-electron chi connectivity index (χ0n) is 7.94. The highest BCUT2D eigenvalue weighted by molar-refractivity contribution is 9.10. The molecule has 14 heavy (non-hydrogen) atoms. The average molecular weight is 274 g/mol. The maximum atomic E-state index is 5.18. The molecule has 0 spiro atoms. The summed E-state index contributed by atoms with van der Waals surface area (Å²) in [4.78, 5) is 1.25. The molecule has 1 aliphatic rings. The van der Waals surface area contributed by atoms with Gasteiger partial charge in [-0.3, -0.25) is 0 Å². The van der Waals surface area contributed by atoms with Crippen LogP contribution in [0.2, 0.25) is 0 Å². The van der Waals surface area contributed by atoms with Crippen LogP contribution in [0.15, 0.2) is 33.6 Å². The van der Waals surface area contributed by atoms with Crippen molar-refractivity contribution < 1.29 is 4.74 Å². The summed E-state index contributed by atoms with van der Waals surface area (Å²) in [6, 6.07) is 8.25. The highest BCUT2D eigenvalue weighted by Gasteiger charge is 2.24. The SMILES string of the molecule is CN(CC1CO1)Sc1ccccc1Br. The lowest BCUT2D eigenvalue weighted by Crippen LogP contribution is -2.15. The van der Waals surface area contributed by atoms with Crippen LogP contribution in [-0.4, -0.2) is 30.6 Å². The van der Waals surface area contributed by atoms with Gasteiger partial charge in [0.05, 0.1) is 12.7 Å². The predicted molar refractivity (Wildman–Crippen MR) is 62.4 cm³/mol. The van der Waals surface area contributed by atoms with E-state index in [9.17, 15) is 0 Å². The molecule has 2 rings (SSSR count). The Morgan fingerprint density at radius 3 is 2.93 bits per heavy atom. The van der Waals surface area contributed by atoms with Gasteiger partial charge in [0, 0.05) is 15.9 Å². The highest BCUT2D eigenvalue weighted by atomic mass is 79.9. The summed E-state index contributed by atoms with van der Waals surface area (Å²) in [5.74, 6) is 0. The maximum Gasteiger partial charge on any atom is 0.0945 e. The van der Waals surface area contributed by atoms with E-state index in [1.807, 2.05) is 6.07 Å². The number of likely N-dealkylation sites (N-methyl/N-ethyl adjacent to an activating group) is 1. The van der Waals surface area contributed by atoms with Gasteiger partial charge in [-0.2, -0.15) is 0 Å². The number of halogens is 1. The van der Waals surface area contributed by atoms with Gasteiger partial charge in [0.15, 0.2) is 0 Å². The summed E-state index contributed by atoms with van der Waals surface area (Å²) in [6.45, 7) is 1.91. The summed E-state index contributed by atoms with van der Waals surface area (Å²) in [5, 5.41) is 0. The Bertz CT molecular complexity index is 317. The Hall–Kier alpha value is -0.0300. The zero-order chi connectivity index (χ0) is 9.97. The molecule has 0 aromatic heterocycles. The minimum absolute atomic E-state index is 0.454. The fraction of sp³-hybridized carbons (Fsp3) is 0.400. The topological polar surface area (TPSA) is 15.8 Å². The average Bonchev–Trinajstić information content (AvgIpc) is 2.93. The van der Waals surface area contributed by atoms with Crippen LogP contribution in [0.1, 0.15) is 0 Å². The van der Waals surface area contributed by atoms with Crippen LogP contribution in [0.3, 0.4) is 0 Å². The number of hydrogen-bond donors (Lipinski definition) is 0. The van der Waals surface area contributed by atoms with Crippen LogP contribution in [0.25, 0.3) is 0 Å². The first-order chi connectivity index (χ1) is 6.75. The van der Waals surface area contributed by atoms with Gasteiger partial charge < -0.3 is 4.74 Å². The molecule has 0 aliphatic carbocycles. The van der Waals surface area contributed by atoms with Crippen molar-refractivity contribution in [2.24, 2.45) is 0 Å². The van der Waals surface area contributed by atoms with E-state index in [1.165, 1.54) is 4.90 Å². The van der Waals surface area contributed by atoms with Gasteiger partial charge in [0.1, 0.15) is 0 Å². The second kappa shape index (κ2) is 4.66. The molecular formula is C10H12BrNOS. The van der Waals surface area contributed by atoms with Gasteiger partial charge >= 0.3 is 0 Å². The van der Waals surface area contributed by atoms with Gasteiger partial charge in [-0.05, 0) is 47.1 Å². The summed E-state index contributed by atoms with van der Waals surface area (Å²) in [7, 11) is 2.09. The van der Waals surface area contributed by atoms with Gasteiger partial charge in [-0.25, -0.2) is 4.31 Å². The Kier molecular flexibility index (Phi) is 3.49. The van der Waals surface area contributed by atoms with Crippen molar-refractivity contribution >= 4 is 27.9 Å². The Morgan fingerprint density at radius 2 is 2.29 bits per heavy atom. The molecule has 1 saturated heterocycles. The summed E-state index contributed by atoms with van der Waals surface area (Å²) >= 11 is 5.27. The molecule has 1 aliphatic heterocycles. The fourth-order valence-corrected chi connectivity index (χ4v) is 2.56.